The van der Waals surface area contributed by atoms with Crippen LogP contribution >= 0.6 is 0 Å². The lowest BCUT2D eigenvalue weighted by atomic mass is 10.0. The summed E-state index contributed by atoms with van der Waals surface area (Å²) in [4.78, 5) is 25.4. The van der Waals surface area contributed by atoms with Gasteiger partial charge in [-0.25, -0.2) is 4.79 Å². The van der Waals surface area contributed by atoms with Crippen LogP contribution in [0.15, 0.2) is 0 Å². The summed E-state index contributed by atoms with van der Waals surface area (Å²) in [6, 6.07) is -0.169. The summed E-state index contributed by atoms with van der Waals surface area (Å²) in [6.07, 6.45) is 0.303. The molecule has 6 heteroatoms. The molecule has 0 radical (unpaired) electrons. The molecule has 0 saturated carbocycles. The summed E-state index contributed by atoms with van der Waals surface area (Å²) in [6.45, 7) is 10.5. The van der Waals surface area contributed by atoms with Gasteiger partial charge in [0.25, 0.3) is 0 Å². The van der Waals surface area contributed by atoms with E-state index in [2.05, 4.69) is 0 Å². The summed E-state index contributed by atoms with van der Waals surface area (Å²) in [5.41, 5.74) is -0.537. The first-order chi connectivity index (χ1) is 9.74. The third-order valence-corrected chi connectivity index (χ3v) is 3.23. The van der Waals surface area contributed by atoms with Crippen LogP contribution in [-0.4, -0.2) is 54.5 Å². The number of nitrogens with zero attached hydrogens (tertiary/aromatic N) is 1. The summed E-state index contributed by atoms with van der Waals surface area (Å²) in [7, 11) is 0. The molecule has 1 heterocycles. The van der Waals surface area contributed by atoms with Gasteiger partial charge < -0.3 is 19.1 Å². The van der Waals surface area contributed by atoms with Crippen molar-refractivity contribution < 1.29 is 23.8 Å². The maximum Gasteiger partial charge on any atom is 0.410 e. The molecule has 1 saturated heterocycles. The fourth-order valence-electron chi connectivity index (χ4n) is 2.30. The predicted octanol–water partition coefficient (Wildman–Crippen LogP) is 2.35. The van der Waals surface area contributed by atoms with Gasteiger partial charge in [0.15, 0.2) is 0 Å². The van der Waals surface area contributed by atoms with Crippen molar-refractivity contribution in [2.24, 2.45) is 0 Å². The van der Waals surface area contributed by atoms with Crippen LogP contribution in [-0.2, 0) is 19.0 Å². The average molecular weight is 301 g/mol. The normalized spacial score (nSPS) is 22.8. The first-order valence-electron chi connectivity index (χ1n) is 7.51. The zero-order valence-corrected chi connectivity index (χ0v) is 13.7. The molecule has 0 spiro atoms. The lowest BCUT2D eigenvalue weighted by Gasteiger charge is -2.40. The molecule has 1 fully saturated rings. The lowest BCUT2D eigenvalue weighted by Crippen LogP contribution is -2.54. The molecule has 0 unspecified atom stereocenters. The van der Waals surface area contributed by atoms with Crippen LogP contribution < -0.4 is 0 Å². The van der Waals surface area contributed by atoms with Gasteiger partial charge in [0.1, 0.15) is 5.60 Å². The van der Waals surface area contributed by atoms with Crippen LogP contribution in [0.4, 0.5) is 4.79 Å². The number of hydrogen-bond acceptors (Lipinski definition) is 5. The van der Waals surface area contributed by atoms with Crippen LogP contribution in [0.3, 0.4) is 0 Å². The highest BCUT2D eigenvalue weighted by Crippen LogP contribution is 2.21. The van der Waals surface area contributed by atoms with Gasteiger partial charge >= 0.3 is 12.1 Å². The number of amides is 1. The van der Waals surface area contributed by atoms with Gasteiger partial charge in [-0.2, -0.15) is 0 Å². The Morgan fingerprint density at radius 2 is 2.00 bits per heavy atom. The van der Waals surface area contributed by atoms with Crippen LogP contribution in [0.5, 0.6) is 0 Å². The summed E-state index contributed by atoms with van der Waals surface area (Å²) >= 11 is 0. The van der Waals surface area contributed by atoms with E-state index < -0.39 is 5.60 Å². The Balaban J connectivity index is 2.65. The van der Waals surface area contributed by atoms with E-state index in [1.807, 2.05) is 27.7 Å². The van der Waals surface area contributed by atoms with Crippen molar-refractivity contribution in [3.05, 3.63) is 0 Å². The molecule has 0 aliphatic carbocycles. The molecule has 0 aromatic carbocycles. The molecule has 0 N–H and O–H groups in total. The number of hydrogen-bond donors (Lipinski definition) is 0. The smallest absolute Gasteiger partial charge is 0.410 e. The number of ether oxygens (including phenoxy) is 3. The molecule has 0 aromatic rings. The molecular formula is C15H27NO5. The standard InChI is InChI=1S/C15H27NO5/c1-6-19-13(17)8-7-12-11(2)20-10-9-16(12)14(18)21-15(3,4)5/h11-12H,6-10H2,1-5H3/t11-,12-/m0/s1. The molecule has 1 aliphatic rings. The highest BCUT2D eigenvalue weighted by molar-refractivity contribution is 5.70. The number of rotatable bonds is 4. The maximum absolute atomic E-state index is 12.3. The number of carbonyl (C=O) groups excluding carboxylic acids is 2. The molecular weight excluding hydrogens is 274 g/mol. The van der Waals surface area contributed by atoms with Crippen LogP contribution in [0.2, 0.25) is 0 Å². The zero-order valence-electron chi connectivity index (χ0n) is 13.7. The summed E-state index contributed by atoms with van der Waals surface area (Å²) in [5, 5.41) is 0. The second-order valence-corrected chi connectivity index (χ2v) is 6.16. The summed E-state index contributed by atoms with van der Waals surface area (Å²) in [5.74, 6) is -0.251. The number of carbonyl (C=O) groups is 2. The fraction of sp³-hybridized carbons (Fsp3) is 0.867. The third kappa shape index (κ3) is 5.91. The van der Waals surface area contributed by atoms with E-state index >= 15 is 0 Å². The van der Waals surface area contributed by atoms with Crippen molar-refractivity contribution in [1.82, 2.24) is 4.90 Å². The molecule has 6 nitrogen and oxygen atoms in total. The molecule has 1 aliphatic heterocycles. The fourth-order valence-corrected chi connectivity index (χ4v) is 2.30. The average Bonchev–Trinajstić information content (AvgIpc) is 2.35. The van der Waals surface area contributed by atoms with Crippen LogP contribution in [0, 0.1) is 0 Å². The molecule has 0 bridgehead atoms. The van der Waals surface area contributed by atoms with Crippen molar-refractivity contribution in [3.63, 3.8) is 0 Å². The van der Waals surface area contributed by atoms with Gasteiger partial charge in [-0.05, 0) is 41.0 Å². The van der Waals surface area contributed by atoms with Gasteiger partial charge in [0.05, 0.1) is 25.4 Å². The van der Waals surface area contributed by atoms with E-state index in [1.165, 1.54) is 0 Å². The van der Waals surface area contributed by atoms with Gasteiger partial charge in [0.2, 0.25) is 0 Å². The highest BCUT2D eigenvalue weighted by Gasteiger charge is 2.35. The molecule has 1 rings (SSSR count). The Labute approximate surface area is 126 Å². The topological polar surface area (TPSA) is 65.1 Å². The maximum atomic E-state index is 12.3. The second kappa shape index (κ2) is 7.64. The lowest BCUT2D eigenvalue weighted by molar-refractivity contribution is -0.144. The Morgan fingerprint density at radius 1 is 1.33 bits per heavy atom. The molecule has 21 heavy (non-hydrogen) atoms. The van der Waals surface area contributed by atoms with Crippen molar-refractivity contribution in [2.45, 2.75) is 65.2 Å². The van der Waals surface area contributed by atoms with E-state index in [-0.39, 0.29) is 30.6 Å². The van der Waals surface area contributed by atoms with Gasteiger partial charge in [0, 0.05) is 13.0 Å². The second-order valence-electron chi connectivity index (χ2n) is 6.16. The third-order valence-electron chi connectivity index (χ3n) is 3.23. The monoisotopic (exact) mass is 301 g/mol. The van der Waals surface area contributed by atoms with Gasteiger partial charge in [-0.1, -0.05) is 0 Å². The van der Waals surface area contributed by atoms with Crippen LogP contribution in [0.25, 0.3) is 0 Å². The van der Waals surface area contributed by atoms with Crippen LogP contribution in [0.1, 0.15) is 47.5 Å². The highest BCUT2D eigenvalue weighted by atomic mass is 16.6. The Bertz CT molecular complexity index is 364. The van der Waals surface area contributed by atoms with Gasteiger partial charge in [-0.3, -0.25) is 4.79 Å². The minimum absolute atomic E-state index is 0.124. The first kappa shape index (κ1) is 17.8. The van der Waals surface area contributed by atoms with E-state index in [1.54, 1.807) is 11.8 Å². The van der Waals surface area contributed by atoms with Crippen molar-refractivity contribution in [3.8, 4) is 0 Å². The SMILES string of the molecule is CCOC(=O)CC[C@H]1[C@H](C)OCCN1C(=O)OC(C)(C)C. The van der Waals surface area contributed by atoms with E-state index in [0.29, 0.717) is 26.2 Å². The molecule has 2 atom stereocenters. The van der Waals surface area contributed by atoms with Crippen molar-refractivity contribution in [2.75, 3.05) is 19.8 Å². The molecule has 122 valence electrons. The number of esters is 1. The molecule has 1 amide bonds. The Kier molecular flexibility index (Phi) is 6.45. The van der Waals surface area contributed by atoms with Crippen molar-refractivity contribution in [1.29, 1.82) is 0 Å². The Hall–Kier alpha value is -1.30. The zero-order chi connectivity index (χ0) is 16.0. The van der Waals surface area contributed by atoms with E-state index in [0.717, 1.165) is 0 Å². The van der Waals surface area contributed by atoms with Gasteiger partial charge in [-0.15, -0.1) is 0 Å². The quantitative estimate of drug-likeness (QED) is 0.746. The largest absolute Gasteiger partial charge is 0.466 e. The summed E-state index contributed by atoms with van der Waals surface area (Å²) < 4.78 is 15.9. The first-order valence-corrected chi connectivity index (χ1v) is 7.51. The Morgan fingerprint density at radius 3 is 2.57 bits per heavy atom. The minimum Gasteiger partial charge on any atom is -0.466 e. The molecule has 0 aromatic heterocycles. The number of morpholine rings is 1. The van der Waals surface area contributed by atoms with E-state index in [4.69, 9.17) is 14.2 Å². The predicted molar refractivity (Wildman–Crippen MR) is 78.0 cm³/mol. The van der Waals surface area contributed by atoms with E-state index in [9.17, 15) is 9.59 Å². The van der Waals surface area contributed by atoms with Crippen molar-refractivity contribution >= 4 is 12.1 Å². The minimum atomic E-state index is -0.537.